The molecular formula is C14H27N2O8PS. The molecule has 0 bridgehead atoms. The third-order valence-corrected chi connectivity index (χ3v) is 4.93. The number of aliphatic hydroxyl groups is 1. The van der Waals surface area contributed by atoms with E-state index in [2.05, 4.69) is 19.7 Å². The van der Waals surface area contributed by atoms with Crippen LogP contribution >= 0.6 is 19.6 Å². The maximum Gasteiger partial charge on any atom is 0.471 e. The maximum absolute atomic E-state index is 11.9. The summed E-state index contributed by atoms with van der Waals surface area (Å²) in [5.74, 6) is -0.562. The van der Waals surface area contributed by atoms with Gasteiger partial charge in [0.15, 0.2) is 5.12 Å². The highest BCUT2D eigenvalue weighted by molar-refractivity contribution is 8.13. The first-order valence-corrected chi connectivity index (χ1v) is 10.3. The van der Waals surface area contributed by atoms with Crippen molar-refractivity contribution >= 4 is 36.5 Å². The molecule has 4 N–H and O–H groups in total. The summed E-state index contributed by atoms with van der Waals surface area (Å²) in [4.78, 5) is 43.4. The molecule has 1 unspecified atom stereocenters. The van der Waals surface area contributed by atoms with Crippen LogP contribution in [-0.2, 0) is 28.0 Å². The molecule has 0 saturated heterocycles. The molecule has 0 saturated carbocycles. The first-order chi connectivity index (χ1) is 11.9. The fourth-order valence-electron chi connectivity index (χ4n) is 1.60. The molecule has 0 radical (unpaired) electrons. The van der Waals surface area contributed by atoms with Crippen molar-refractivity contribution in [1.29, 1.82) is 0 Å². The second-order valence-corrected chi connectivity index (χ2v) is 8.88. The summed E-state index contributed by atoms with van der Waals surface area (Å²) >= 11 is 1.10. The highest BCUT2D eigenvalue weighted by Gasteiger charge is 2.36. The Bertz CT molecular complexity index is 543. The van der Waals surface area contributed by atoms with Crippen molar-refractivity contribution in [2.24, 2.45) is 5.41 Å². The Labute approximate surface area is 157 Å². The van der Waals surface area contributed by atoms with Crippen LogP contribution in [0, 0.1) is 5.41 Å². The molecule has 0 rings (SSSR count). The number of carbonyl (C=O) groups excluding carboxylic acids is 3. The zero-order chi connectivity index (χ0) is 20.4. The van der Waals surface area contributed by atoms with Gasteiger partial charge in [-0.15, -0.1) is 0 Å². The monoisotopic (exact) mass is 414 g/mol. The van der Waals surface area contributed by atoms with Gasteiger partial charge in [-0.05, 0) is 0 Å². The molecule has 10 nitrogen and oxygen atoms in total. The molecule has 12 heteroatoms. The van der Waals surface area contributed by atoms with Gasteiger partial charge in [0.2, 0.25) is 11.8 Å². The fraction of sp³-hybridized carbons (Fsp3) is 0.786. The summed E-state index contributed by atoms with van der Waals surface area (Å²) in [5, 5.41) is 15.0. The summed E-state index contributed by atoms with van der Waals surface area (Å²) in [7, 11) is -3.21. The molecule has 0 aromatic carbocycles. The van der Waals surface area contributed by atoms with Gasteiger partial charge in [-0.3, -0.25) is 23.4 Å². The van der Waals surface area contributed by atoms with E-state index in [-0.39, 0.29) is 24.0 Å². The number of phosphoric ester groups is 1. The minimum absolute atomic E-state index is 0.00901. The van der Waals surface area contributed by atoms with Crippen LogP contribution < -0.4 is 10.6 Å². The zero-order valence-electron chi connectivity index (χ0n) is 15.3. The van der Waals surface area contributed by atoms with Crippen molar-refractivity contribution in [3.8, 4) is 0 Å². The Kier molecular flexibility index (Phi) is 11.2. The highest BCUT2D eigenvalue weighted by atomic mass is 32.2. The van der Waals surface area contributed by atoms with E-state index in [0.29, 0.717) is 12.3 Å². The van der Waals surface area contributed by atoms with Gasteiger partial charge < -0.3 is 20.6 Å². The topological polar surface area (TPSA) is 151 Å². The molecule has 0 spiro atoms. The molecule has 0 fully saturated rings. The van der Waals surface area contributed by atoms with E-state index < -0.39 is 31.9 Å². The average molecular weight is 414 g/mol. The molecule has 0 aliphatic rings. The lowest BCUT2D eigenvalue weighted by molar-refractivity contribution is -0.137. The normalized spacial score (nSPS) is 15.0. The molecule has 0 aromatic rings. The number of phosphoric acid groups is 1. The van der Waals surface area contributed by atoms with Gasteiger partial charge in [0, 0.05) is 44.7 Å². The number of hydrogen-bond acceptors (Lipinski definition) is 8. The summed E-state index contributed by atoms with van der Waals surface area (Å²) < 4.78 is 20.2. The van der Waals surface area contributed by atoms with Gasteiger partial charge in [-0.1, -0.05) is 25.6 Å². The van der Waals surface area contributed by atoms with Gasteiger partial charge >= 0.3 is 7.82 Å². The Morgan fingerprint density at radius 3 is 2.38 bits per heavy atom. The van der Waals surface area contributed by atoms with E-state index in [1.807, 2.05) is 0 Å². The van der Waals surface area contributed by atoms with Crippen LogP contribution in [-0.4, -0.2) is 65.6 Å². The Morgan fingerprint density at radius 1 is 1.23 bits per heavy atom. The van der Waals surface area contributed by atoms with Crippen molar-refractivity contribution < 1.29 is 38.0 Å². The van der Waals surface area contributed by atoms with Crippen molar-refractivity contribution in [2.75, 3.05) is 32.6 Å². The van der Waals surface area contributed by atoms with Gasteiger partial charge in [0.25, 0.3) is 0 Å². The average Bonchev–Trinajstić information content (AvgIpc) is 2.56. The van der Waals surface area contributed by atoms with Gasteiger partial charge in [0.05, 0.1) is 6.61 Å². The lowest BCUT2D eigenvalue weighted by atomic mass is 9.87. The SMILES string of the molecule is COP(=O)(O)OCC(C)(C)[C@@H](O)C(=O)NCCC(=O)NCCSC(C)=O. The van der Waals surface area contributed by atoms with Gasteiger partial charge in [-0.2, -0.15) is 0 Å². The molecule has 0 heterocycles. The quantitative estimate of drug-likeness (QED) is 0.256. The molecule has 2 amide bonds. The molecule has 26 heavy (non-hydrogen) atoms. The highest BCUT2D eigenvalue weighted by Crippen LogP contribution is 2.43. The number of carbonyl (C=O) groups is 3. The van der Waals surface area contributed by atoms with Crippen molar-refractivity contribution in [3.05, 3.63) is 0 Å². The maximum atomic E-state index is 11.9. The summed E-state index contributed by atoms with van der Waals surface area (Å²) in [5.41, 5.74) is -1.16. The third kappa shape index (κ3) is 10.9. The lowest BCUT2D eigenvalue weighted by Gasteiger charge is -2.29. The molecule has 0 aliphatic heterocycles. The third-order valence-electron chi connectivity index (χ3n) is 3.20. The van der Waals surface area contributed by atoms with Crippen LogP contribution in [0.25, 0.3) is 0 Å². The smallest absolute Gasteiger partial charge is 0.383 e. The van der Waals surface area contributed by atoms with Gasteiger partial charge in [-0.25, -0.2) is 4.57 Å². The van der Waals surface area contributed by atoms with E-state index in [9.17, 15) is 28.9 Å². The molecule has 152 valence electrons. The molecule has 0 aliphatic carbocycles. The predicted octanol–water partition coefficient (Wildman–Crippen LogP) is 0.0391. The molecular weight excluding hydrogens is 387 g/mol. The van der Waals surface area contributed by atoms with Crippen LogP contribution in [0.2, 0.25) is 0 Å². The van der Waals surface area contributed by atoms with Crippen molar-refractivity contribution in [1.82, 2.24) is 10.6 Å². The standard InChI is InChI=1S/C14H27N2O8PS/c1-10(17)26-8-7-15-11(18)5-6-16-13(20)12(19)14(2,3)9-24-25(21,22)23-4/h12,19H,5-9H2,1-4H3,(H,15,18)(H,16,20)(H,21,22)/t12-/m0/s1. The second kappa shape index (κ2) is 11.7. The first-order valence-electron chi connectivity index (χ1n) is 7.80. The van der Waals surface area contributed by atoms with Crippen LogP contribution in [0.15, 0.2) is 0 Å². The Balaban J connectivity index is 4.19. The van der Waals surface area contributed by atoms with E-state index in [1.54, 1.807) is 0 Å². The lowest BCUT2D eigenvalue weighted by Crippen LogP contribution is -2.46. The van der Waals surface area contributed by atoms with Gasteiger partial charge in [0.1, 0.15) is 6.10 Å². The summed E-state index contributed by atoms with van der Waals surface area (Å²) in [6, 6.07) is 0. The van der Waals surface area contributed by atoms with Crippen molar-refractivity contribution in [2.45, 2.75) is 33.3 Å². The minimum atomic E-state index is -4.21. The first kappa shape index (κ1) is 25.0. The summed E-state index contributed by atoms with van der Waals surface area (Å²) in [6.07, 6.45) is -1.51. The largest absolute Gasteiger partial charge is 0.471 e. The number of amides is 2. The van der Waals surface area contributed by atoms with Crippen LogP contribution in [0.1, 0.15) is 27.2 Å². The minimum Gasteiger partial charge on any atom is -0.383 e. The summed E-state index contributed by atoms with van der Waals surface area (Å²) in [6.45, 7) is 4.35. The fourth-order valence-corrected chi connectivity index (χ4v) is 2.70. The van der Waals surface area contributed by atoms with Crippen LogP contribution in [0.3, 0.4) is 0 Å². The van der Waals surface area contributed by atoms with E-state index in [0.717, 1.165) is 18.9 Å². The molecule has 2 atom stereocenters. The predicted molar refractivity (Wildman–Crippen MR) is 96.3 cm³/mol. The number of hydrogen-bond donors (Lipinski definition) is 4. The van der Waals surface area contributed by atoms with Crippen molar-refractivity contribution in [3.63, 3.8) is 0 Å². The number of nitrogens with one attached hydrogen (secondary N) is 2. The van der Waals surface area contributed by atoms with Crippen LogP contribution in [0.4, 0.5) is 0 Å². The Morgan fingerprint density at radius 2 is 1.85 bits per heavy atom. The number of thioether (sulfide) groups is 1. The van der Waals surface area contributed by atoms with E-state index >= 15 is 0 Å². The number of rotatable bonds is 12. The van der Waals surface area contributed by atoms with Crippen LogP contribution in [0.5, 0.6) is 0 Å². The van der Waals surface area contributed by atoms with E-state index in [4.69, 9.17) is 0 Å². The number of aliphatic hydroxyl groups excluding tert-OH is 1. The zero-order valence-corrected chi connectivity index (χ0v) is 17.0. The molecule has 0 aromatic heterocycles. The Hall–Kier alpha value is -0.970. The second-order valence-electron chi connectivity index (χ2n) is 6.05. The van der Waals surface area contributed by atoms with E-state index in [1.165, 1.54) is 20.8 Å².